The van der Waals surface area contributed by atoms with Crippen LogP contribution in [-0.4, -0.2) is 33.5 Å². The summed E-state index contributed by atoms with van der Waals surface area (Å²) in [6.07, 6.45) is 2.45. The number of carbonyl (C=O) groups is 2. The first-order valence-corrected chi connectivity index (χ1v) is 9.00. The van der Waals surface area contributed by atoms with Gasteiger partial charge in [-0.2, -0.15) is 0 Å². The van der Waals surface area contributed by atoms with Gasteiger partial charge in [0.1, 0.15) is 16.7 Å². The fourth-order valence-electron chi connectivity index (χ4n) is 2.61. The molecule has 7 nitrogen and oxygen atoms in total. The van der Waals surface area contributed by atoms with Crippen molar-refractivity contribution in [3.63, 3.8) is 0 Å². The van der Waals surface area contributed by atoms with Gasteiger partial charge in [-0.25, -0.2) is 4.79 Å². The first-order valence-electron chi connectivity index (χ1n) is 9.00. The summed E-state index contributed by atoms with van der Waals surface area (Å²) in [5, 5.41) is 8.92. The summed E-state index contributed by atoms with van der Waals surface area (Å²) >= 11 is 0. The van der Waals surface area contributed by atoms with Crippen LogP contribution in [0, 0.1) is 6.92 Å². The van der Waals surface area contributed by atoms with Crippen molar-refractivity contribution in [3.05, 3.63) is 60.7 Å². The van der Waals surface area contributed by atoms with Gasteiger partial charge in [-0.1, -0.05) is 24.8 Å². The molecule has 0 aliphatic carbocycles. The highest BCUT2D eigenvalue weighted by atomic mass is 16.5. The van der Waals surface area contributed by atoms with Crippen LogP contribution >= 0.6 is 0 Å². The van der Waals surface area contributed by atoms with E-state index in [-0.39, 0.29) is 19.0 Å². The number of esters is 2. The van der Waals surface area contributed by atoms with Gasteiger partial charge in [0.05, 0.1) is 6.61 Å². The maximum Gasteiger partial charge on any atom is 0.330 e. The molecule has 0 aliphatic rings. The van der Waals surface area contributed by atoms with Crippen LogP contribution in [0.3, 0.4) is 0 Å². The summed E-state index contributed by atoms with van der Waals surface area (Å²) in [6, 6.07) is 13.0. The van der Waals surface area contributed by atoms with E-state index in [9.17, 15) is 9.59 Å². The smallest absolute Gasteiger partial charge is 0.330 e. The van der Waals surface area contributed by atoms with E-state index < -0.39 is 5.97 Å². The lowest BCUT2D eigenvalue weighted by atomic mass is 10.2. The van der Waals surface area contributed by atoms with Gasteiger partial charge >= 0.3 is 11.9 Å². The predicted octanol–water partition coefficient (Wildman–Crippen LogP) is 3.53. The van der Waals surface area contributed by atoms with Crippen LogP contribution in [0.2, 0.25) is 0 Å². The number of ether oxygens (including phenoxy) is 2. The minimum atomic E-state index is -0.467. The quantitative estimate of drug-likeness (QED) is 0.258. The van der Waals surface area contributed by atoms with Crippen LogP contribution in [0.4, 0.5) is 0 Å². The number of aryl methyl sites for hydroxylation is 1. The Balaban J connectivity index is 1.66. The van der Waals surface area contributed by atoms with E-state index >= 15 is 0 Å². The summed E-state index contributed by atoms with van der Waals surface area (Å²) in [5.74, 6) is -0.433. The Bertz CT molecular complexity index is 977. The molecule has 144 valence electrons. The van der Waals surface area contributed by atoms with Crippen molar-refractivity contribution < 1.29 is 19.1 Å². The predicted molar refractivity (Wildman–Crippen MR) is 104 cm³/mol. The molecule has 0 saturated carbocycles. The third kappa shape index (κ3) is 4.82. The number of aromatic nitrogens is 3. The van der Waals surface area contributed by atoms with E-state index in [4.69, 9.17) is 9.47 Å². The van der Waals surface area contributed by atoms with E-state index in [1.807, 2.05) is 43.3 Å². The highest BCUT2D eigenvalue weighted by Crippen LogP contribution is 2.25. The fourth-order valence-corrected chi connectivity index (χ4v) is 2.61. The molecule has 1 aromatic heterocycles. The zero-order valence-electron chi connectivity index (χ0n) is 15.6. The van der Waals surface area contributed by atoms with Crippen LogP contribution in [0.25, 0.3) is 16.7 Å². The monoisotopic (exact) mass is 379 g/mol. The molecular formula is C21H21N3O4. The van der Waals surface area contributed by atoms with Crippen LogP contribution < -0.4 is 4.74 Å². The maximum atomic E-state index is 12.2. The Morgan fingerprint density at radius 2 is 1.82 bits per heavy atom. The Kier molecular flexibility index (Phi) is 6.16. The van der Waals surface area contributed by atoms with Crippen LogP contribution in [-0.2, 0) is 14.3 Å². The van der Waals surface area contributed by atoms with Gasteiger partial charge in [0.15, 0.2) is 5.75 Å². The normalized spacial score (nSPS) is 10.6. The molecule has 2 aromatic carbocycles. The van der Waals surface area contributed by atoms with Crippen molar-refractivity contribution in [2.45, 2.75) is 26.2 Å². The molecule has 0 radical (unpaired) electrons. The van der Waals surface area contributed by atoms with Crippen molar-refractivity contribution in [1.82, 2.24) is 15.0 Å². The van der Waals surface area contributed by atoms with Gasteiger partial charge in [0, 0.05) is 12.5 Å². The van der Waals surface area contributed by atoms with Crippen LogP contribution in [0.5, 0.6) is 5.75 Å². The van der Waals surface area contributed by atoms with Crippen LogP contribution in [0.1, 0.15) is 24.8 Å². The molecule has 0 spiro atoms. The first kappa shape index (κ1) is 19.3. The second-order valence-electron chi connectivity index (χ2n) is 6.25. The molecule has 3 aromatic rings. The average molecular weight is 379 g/mol. The summed E-state index contributed by atoms with van der Waals surface area (Å²) in [5.41, 5.74) is 3.12. The topological polar surface area (TPSA) is 83.3 Å². The summed E-state index contributed by atoms with van der Waals surface area (Å²) in [4.78, 5) is 24.7. The van der Waals surface area contributed by atoms with Crippen LogP contribution in [0.15, 0.2) is 55.1 Å². The van der Waals surface area contributed by atoms with Gasteiger partial charge in [0.25, 0.3) is 0 Å². The maximum absolute atomic E-state index is 12.2. The Labute approximate surface area is 162 Å². The molecule has 3 rings (SSSR count). The number of rotatable bonds is 8. The zero-order chi connectivity index (χ0) is 19.9. The highest BCUT2D eigenvalue weighted by molar-refractivity contribution is 5.81. The number of unbranched alkanes of at least 4 members (excludes halogenated alkanes) is 1. The largest absolute Gasteiger partial charge is 0.463 e. The molecule has 0 amide bonds. The SMILES string of the molecule is C=CC(=O)OCCCCC(=O)Oc1ccc(C)cc1-n1nc2ccccc2n1. The summed E-state index contributed by atoms with van der Waals surface area (Å²) < 4.78 is 10.4. The average Bonchev–Trinajstić information content (AvgIpc) is 3.13. The summed E-state index contributed by atoms with van der Waals surface area (Å²) in [6.45, 7) is 5.52. The number of nitrogens with zero attached hydrogens (tertiary/aromatic N) is 3. The number of fused-ring (bicyclic) bond motifs is 1. The minimum absolute atomic E-state index is 0.216. The molecule has 0 aliphatic heterocycles. The summed E-state index contributed by atoms with van der Waals surface area (Å²) in [7, 11) is 0. The second kappa shape index (κ2) is 8.94. The van der Waals surface area contributed by atoms with E-state index in [0.717, 1.165) is 22.7 Å². The van der Waals surface area contributed by atoms with Gasteiger partial charge < -0.3 is 9.47 Å². The number of hydrogen-bond donors (Lipinski definition) is 0. The molecule has 0 bridgehead atoms. The molecule has 0 atom stereocenters. The van der Waals surface area contributed by atoms with Crippen molar-refractivity contribution in [2.75, 3.05) is 6.61 Å². The van der Waals surface area contributed by atoms with Gasteiger partial charge in [0.2, 0.25) is 0 Å². The third-order valence-electron chi connectivity index (χ3n) is 4.03. The lowest BCUT2D eigenvalue weighted by Crippen LogP contribution is -2.11. The van der Waals surface area contributed by atoms with Gasteiger partial charge in [-0.3, -0.25) is 4.79 Å². The fraction of sp³-hybridized carbons (Fsp3) is 0.238. The third-order valence-corrected chi connectivity index (χ3v) is 4.03. The Morgan fingerprint density at radius 3 is 2.50 bits per heavy atom. The number of carbonyl (C=O) groups excluding carboxylic acids is 2. The number of benzene rings is 2. The molecule has 7 heteroatoms. The molecule has 0 N–H and O–H groups in total. The molecular weight excluding hydrogens is 358 g/mol. The van der Waals surface area contributed by atoms with E-state index in [2.05, 4.69) is 16.8 Å². The highest BCUT2D eigenvalue weighted by Gasteiger charge is 2.14. The minimum Gasteiger partial charge on any atom is -0.463 e. The Hall–Kier alpha value is -3.48. The standard InChI is InChI=1S/C21H21N3O4/c1-3-20(25)27-13-7-6-10-21(26)28-19-12-11-15(2)14-18(19)24-22-16-8-4-5-9-17(16)23-24/h3-5,8-9,11-12,14H,1,6-7,10,13H2,2H3. The first-order chi connectivity index (χ1) is 13.6. The molecule has 0 saturated heterocycles. The second-order valence-corrected chi connectivity index (χ2v) is 6.25. The molecule has 28 heavy (non-hydrogen) atoms. The van der Waals surface area contributed by atoms with Crippen molar-refractivity contribution in [2.24, 2.45) is 0 Å². The molecule has 1 heterocycles. The van der Waals surface area contributed by atoms with E-state index in [0.29, 0.717) is 24.3 Å². The van der Waals surface area contributed by atoms with Gasteiger partial charge in [-0.15, -0.1) is 15.0 Å². The lowest BCUT2D eigenvalue weighted by molar-refractivity contribution is -0.137. The Morgan fingerprint density at radius 1 is 1.11 bits per heavy atom. The zero-order valence-corrected chi connectivity index (χ0v) is 15.6. The molecule has 0 unspecified atom stereocenters. The van der Waals surface area contributed by atoms with E-state index in [1.54, 1.807) is 6.07 Å². The van der Waals surface area contributed by atoms with E-state index in [1.165, 1.54) is 4.80 Å². The van der Waals surface area contributed by atoms with Crippen molar-refractivity contribution in [3.8, 4) is 11.4 Å². The lowest BCUT2D eigenvalue weighted by Gasteiger charge is -2.10. The van der Waals surface area contributed by atoms with Gasteiger partial charge in [-0.05, 0) is 49.6 Å². The number of hydrogen-bond acceptors (Lipinski definition) is 6. The molecule has 0 fully saturated rings. The van der Waals surface area contributed by atoms with Crippen molar-refractivity contribution in [1.29, 1.82) is 0 Å². The van der Waals surface area contributed by atoms with Crippen molar-refractivity contribution >= 4 is 23.0 Å².